The Labute approximate surface area is 793 Å². The molecule has 3 fully saturated rings. The van der Waals surface area contributed by atoms with E-state index in [0.29, 0.717) is 5.56 Å². The minimum atomic E-state index is -5.04. The number of aliphatic hydroxyl groups is 8. The second-order valence-corrected chi connectivity index (χ2v) is 35.0. The fraction of sp³-hybridized carbons (Fsp3) is 0.433. The van der Waals surface area contributed by atoms with Crippen molar-refractivity contribution in [3.05, 3.63) is 176 Å². The van der Waals surface area contributed by atoms with Gasteiger partial charge >= 0.3 is 6.36 Å². The zero-order valence-electron chi connectivity index (χ0n) is 74.2. The van der Waals surface area contributed by atoms with Crippen LogP contribution in [-0.2, 0) is 78.2 Å². The number of anilines is 1. The molecule has 23 atom stereocenters. The quantitative estimate of drug-likeness (QED) is 0.0270. The minimum absolute atomic E-state index is 0.0568. The molecule has 1 unspecified atom stereocenters. The van der Waals surface area contributed by atoms with Gasteiger partial charge in [-0.3, -0.25) is 48.0 Å². The number of aliphatic hydroxyl groups excluding tert-OH is 8. The molecule has 43 nitrogen and oxygen atoms in total. The first-order valence-electron chi connectivity index (χ1n) is 43.2. The van der Waals surface area contributed by atoms with Gasteiger partial charge in [-0.25, -0.2) is 5.48 Å². The van der Waals surface area contributed by atoms with E-state index in [2.05, 4.69) is 58.1 Å². The first kappa shape index (κ1) is 103. The Balaban J connectivity index is 0.937. The van der Waals surface area contributed by atoms with Crippen molar-refractivity contribution in [1.82, 2.24) is 48.0 Å². The lowest BCUT2D eigenvalue weighted by molar-refractivity contribution is -0.350. The van der Waals surface area contributed by atoms with Crippen LogP contribution in [0.4, 0.5) is 18.9 Å². The predicted molar refractivity (Wildman–Crippen MR) is 472 cm³/mol. The summed E-state index contributed by atoms with van der Waals surface area (Å²) in [7, 11) is 2.77. The maximum Gasteiger partial charge on any atom is 0.573 e. The normalized spacial score (nSPS) is 28.1. The van der Waals surface area contributed by atoms with Gasteiger partial charge in [-0.05, 0) is 152 Å². The molecule has 0 aromatic heterocycles. The van der Waals surface area contributed by atoms with Gasteiger partial charge in [0.2, 0.25) is 53.4 Å². The molecule has 9 amide bonds. The van der Waals surface area contributed by atoms with Crippen LogP contribution in [0.1, 0.15) is 121 Å². The zero-order chi connectivity index (χ0) is 100.0. The molecule has 0 aliphatic carbocycles. The Morgan fingerprint density at radius 3 is 1.98 bits per heavy atom. The fourth-order valence-corrected chi connectivity index (χ4v) is 16.9. The monoisotopic (exact) mass is 1970 g/mol. The van der Waals surface area contributed by atoms with E-state index in [1.807, 2.05) is 0 Å². The molecule has 15 rings (SSSR count). The number of fused-ring (bicyclic) bond motifs is 15. The third kappa shape index (κ3) is 24.1. The number of hydrogen-bond donors (Lipinski definition) is 23. The topological polar surface area (TPSA) is 650 Å². The number of benzene rings is 7. The zero-order valence-corrected chi connectivity index (χ0v) is 75.7. The molecule has 11 bridgehead atoms. The summed E-state index contributed by atoms with van der Waals surface area (Å²) in [5.41, 5.74) is 10.8. The van der Waals surface area contributed by atoms with Gasteiger partial charge in [0, 0.05) is 60.6 Å². The summed E-state index contributed by atoms with van der Waals surface area (Å²) in [4.78, 5) is 141. The van der Waals surface area contributed by atoms with E-state index in [0.717, 1.165) is 78.9 Å². The van der Waals surface area contributed by atoms with Crippen LogP contribution in [0, 0.1) is 5.92 Å². The molecule has 7 aromatic carbocycles. The highest BCUT2D eigenvalue weighted by Gasteiger charge is 2.54. The van der Waals surface area contributed by atoms with Crippen molar-refractivity contribution in [2.75, 3.05) is 45.8 Å². The highest BCUT2D eigenvalue weighted by molar-refractivity contribution is 6.32. The van der Waals surface area contributed by atoms with Crippen LogP contribution < -0.4 is 83.7 Å². The Morgan fingerprint density at radius 1 is 0.667 bits per heavy atom. The number of hydrogen-bond acceptors (Lipinski definition) is 34. The SMILES string of the molecule is CN[C@H](CC(C)C)C(=O)NC1C(=O)N[C@H](CC(N)=O)C(=O)N[C@H]2C(=O)N[C@H]3C(=O)N[C@H](C(=O)N[C@@H](C(=O)NOCCOC)c4cc(O)cc(O)c4-c4cc3ccc4O)[C@H](O[C@H]3C[C@](C)(N)[C@@H](O)[C@H](C)O3)c3ccc(c(Cl)c3)Oc3cc2cc(c3O[C@@H]2O[C@H](CO)[C@@H](O[C@@H]3O[C@H](CNCc4cccc(NC(=O)c5cccc(OC(F)(F)F)c5)c4)[C@H](O)[C@H](O)[C@H]3O)[C@H](O)[C@H]2O)Oc2ccc(cc2Cl)[C@H]1O. The number of carbonyl (C=O) groups is 9. The summed E-state index contributed by atoms with van der Waals surface area (Å²) < 4.78 is 99.5. The van der Waals surface area contributed by atoms with E-state index < -0.39 is 302 Å². The molecule has 138 heavy (non-hydrogen) atoms. The van der Waals surface area contributed by atoms with E-state index >= 15 is 24.0 Å². The largest absolute Gasteiger partial charge is 0.573 e. The molecular formula is C90H103Cl2F3N12O31. The van der Waals surface area contributed by atoms with Crippen LogP contribution in [-0.4, -0.2) is 266 Å². The van der Waals surface area contributed by atoms with Crippen molar-refractivity contribution in [3.63, 3.8) is 0 Å². The number of ether oxygens (including phenoxy) is 10. The number of phenolic OH excluding ortho intramolecular Hbond substituents is 3. The Kier molecular flexibility index (Phi) is 33.0. The predicted octanol–water partition coefficient (Wildman–Crippen LogP) is 1.49. The lowest BCUT2D eigenvalue weighted by atomic mass is 9.86. The second-order valence-electron chi connectivity index (χ2n) is 34.2. The summed E-state index contributed by atoms with van der Waals surface area (Å²) in [6.45, 7) is 4.49. The highest BCUT2D eigenvalue weighted by atomic mass is 35.5. The molecule has 8 aliphatic heterocycles. The fourth-order valence-electron chi connectivity index (χ4n) is 16.5. The third-order valence-electron chi connectivity index (χ3n) is 23.5. The van der Waals surface area contributed by atoms with E-state index in [-0.39, 0.29) is 67.4 Å². The molecule has 7 aromatic rings. The van der Waals surface area contributed by atoms with Crippen molar-refractivity contribution >= 4 is 82.1 Å². The summed E-state index contributed by atoms with van der Waals surface area (Å²) in [5.74, 6) is -17.7. The molecule has 0 saturated carbocycles. The molecule has 744 valence electrons. The number of nitrogens with two attached hydrogens (primary N) is 2. The van der Waals surface area contributed by atoms with Gasteiger partial charge in [0.05, 0.1) is 54.5 Å². The first-order valence-corrected chi connectivity index (χ1v) is 43.9. The number of amides is 9. The molecular weight excluding hydrogens is 1870 g/mol. The highest BCUT2D eigenvalue weighted by Crippen LogP contribution is 2.51. The first-order chi connectivity index (χ1) is 65.4. The number of methoxy groups -OCH3 is 1. The summed E-state index contributed by atoms with van der Waals surface area (Å²) in [6, 6.07) is 9.48. The standard InChI is InChI=1S/C90H103Cl2F3N12O31/c1-36(2)21-51(98-5)80(121)105-67-69(113)40-14-17-55(49(91)25-40)131-57-27-43-28-58(76(57)136-88-74(118)72(116)77(60(35-108)134-88)137-87-73(117)71(115)70(114)59(133-87)34-99-33-38-9-7-11-44(22-38)100-79(120)42-10-8-12-46(23-42)138-90(93,94)95)132-56-18-15-41(26-50(56)92)75(135-62-32-89(4,97)78(119)37(3)130-62)68-85(126)104-66(86(127)107-129-20-19-128-6)48-29-45(109)30-54(111)63(48)47-24-39(13-16-53(47)110)64(82(123)106-68)103-83(124)65(43)102-81(122)52(31-61(96)112)101-84(67)125/h7-18,22-30,36-37,51-52,59-60,62,64-75,77-78,87-88,98-99,108-111,113-119H,19-21,31-35,97H2,1-6H3,(H2,96,112)(H,100,120)(H,101,125)(H,102,122)(H,103,124)(H,104,126)(H,105,121)(H,106,123)(H,107,127)/t37-,51+,52+,59+,60+,62-,64+,65+,66+,67?,68-,69+,70-,71-,72+,73+,74+,75+,77+,78-,87-,88-,89-/m0/s1. The van der Waals surface area contributed by atoms with Crippen molar-refractivity contribution in [1.29, 1.82) is 0 Å². The van der Waals surface area contributed by atoms with Gasteiger partial charge in [-0.2, -0.15) is 0 Å². The van der Waals surface area contributed by atoms with Gasteiger partial charge in [-0.15, -0.1) is 13.2 Å². The van der Waals surface area contributed by atoms with Crippen molar-refractivity contribution in [2.24, 2.45) is 17.4 Å². The number of primary amides is 1. The molecule has 3 saturated heterocycles. The molecule has 0 spiro atoms. The molecule has 25 N–H and O–H groups in total. The number of alkyl halides is 3. The maximum atomic E-state index is 16.6. The van der Waals surface area contributed by atoms with Crippen molar-refractivity contribution in [2.45, 2.75) is 200 Å². The van der Waals surface area contributed by atoms with Gasteiger partial charge in [0.25, 0.3) is 11.8 Å². The van der Waals surface area contributed by atoms with Crippen molar-refractivity contribution < 1.29 is 165 Å². The van der Waals surface area contributed by atoms with E-state index in [9.17, 15) is 88.5 Å². The second kappa shape index (κ2) is 44.0. The maximum absolute atomic E-state index is 16.6. The Bertz CT molecular complexity index is 5680. The molecule has 8 heterocycles. The lowest BCUT2D eigenvalue weighted by Gasteiger charge is -2.46. The number of rotatable bonds is 26. The van der Waals surface area contributed by atoms with Gasteiger partial charge < -0.3 is 163 Å². The number of likely N-dealkylation sites (N-methyl/N-ethyl adjacent to an activating group) is 1. The Morgan fingerprint density at radius 2 is 1.32 bits per heavy atom. The molecule has 48 heteroatoms. The van der Waals surface area contributed by atoms with Crippen LogP contribution in [0.25, 0.3) is 11.1 Å². The van der Waals surface area contributed by atoms with Crippen LogP contribution in [0.5, 0.6) is 51.7 Å². The number of hydroxylamine groups is 1. The van der Waals surface area contributed by atoms with Gasteiger partial charge in [0.15, 0.2) is 24.1 Å². The minimum Gasteiger partial charge on any atom is -0.508 e. The Hall–Kier alpha value is -12.0. The number of aromatic hydroxyl groups is 3. The van der Waals surface area contributed by atoms with E-state index in [1.165, 1.54) is 70.5 Å². The number of carbonyl (C=O) groups excluding carboxylic acids is 9. The average Bonchev–Trinajstić information content (AvgIpc) is 0.750. The smallest absolute Gasteiger partial charge is 0.508 e. The van der Waals surface area contributed by atoms with Crippen molar-refractivity contribution in [3.8, 4) is 62.9 Å². The van der Waals surface area contributed by atoms with Gasteiger partial charge in [0.1, 0.15) is 132 Å². The van der Waals surface area contributed by atoms with Crippen LogP contribution in [0.3, 0.4) is 0 Å². The number of halogens is 5. The summed E-state index contributed by atoms with van der Waals surface area (Å²) in [6.07, 6.45) is -35.4. The van der Waals surface area contributed by atoms with Crippen LogP contribution in [0.15, 0.2) is 127 Å². The average molecular weight is 1980 g/mol. The van der Waals surface area contributed by atoms with E-state index in [4.69, 9.17) is 82.1 Å². The van der Waals surface area contributed by atoms with E-state index in [1.54, 1.807) is 19.9 Å². The number of phenols is 3. The lowest BCUT2D eigenvalue weighted by Crippen LogP contribution is -2.65. The molecule has 8 aliphatic rings. The van der Waals surface area contributed by atoms with Crippen LogP contribution >= 0.6 is 23.2 Å². The third-order valence-corrected chi connectivity index (χ3v) is 24.0. The summed E-state index contributed by atoms with van der Waals surface area (Å²) in [5, 5.41) is 152. The van der Waals surface area contributed by atoms with Gasteiger partial charge in [-0.1, -0.05) is 73.4 Å². The van der Waals surface area contributed by atoms with Crippen LogP contribution in [0.2, 0.25) is 10.0 Å². The molecule has 0 radical (unpaired) electrons. The number of nitrogens with one attached hydrogen (secondary N) is 10. The summed E-state index contributed by atoms with van der Waals surface area (Å²) >= 11 is 14.6.